The highest BCUT2D eigenvalue weighted by Gasteiger charge is 2.44. The Bertz CT molecular complexity index is 5050. The van der Waals surface area contributed by atoms with Crippen molar-refractivity contribution in [3.63, 3.8) is 0 Å². The molecule has 34 heteroatoms. The Morgan fingerprint density at radius 3 is 1.15 bits per heavy atom. The van der Waals surface area contributed by atoms with E-state index >= 15 is 0 Å². The molecule has 0 aromatic carbocycles. The van der Waals surface area contributed by atoms with Crippen molar-refractivity contribution in [3.8, 4) is 45.6 Å². The number of nitrogens with one attached hydrogen (secondary N) is 8. The molecule has 17 rings (SSSR count). The number of nitrogens with zero attached hydrogens (tertiary/aromatic N) is 16. The smallest absolute Gasteiger partial charge is 0.181 e. The zero-order chi connectivity index (χ0) is 76.4. The van der Waals surface area contributed by atoms with Crippen molar-refractivity contribution in [1.29, 1.82) is 0 Å². The number of halogens is 8. The van der Waals surface area contributed by atoms with Crippen LogP contribution in [0.5, 0.6) is 0 Å². The molecule has 4 atom stereocenters. The van der Waals surface area contributed by atoms with E-state index in [2.05, 4.69) is 135 Å². The van der Waals surface area contributed by atoms with E-state index in [1.807, 2.05) is 32.9 Å². The monoisotopic (exact) mass is 1550 g/mol. The minimum atomic E-state index is -0.904. The van der Waals surface area contributed by atoms with E-state index in [1.165, 1.54) is 18.2 Å². The number of H-pyrrole nitrogens is 4. The molecule has 0 spiro atoms. The van der Waals surface area contributed by atoms with E-state index < -0.39 is 40.3 Å². The highest BCUT2D eigenvalue weighted by Crippen LogP contribution is 2.40. The fraction of sp³-hybridized carbons (Fsp3) is 0.413. The van der Waals surface area contributed by atoms with Crippen molar-refractivity contribution < 1.29 is 32.2 Å². The molecule has 0 bridgehead atoms. The fourth-order valence-electron chi connectivity index (χ4n) is 14.6. The third-order valence-electron chi connectivity index (χ3n) is 20.2. The Balaban J connectivity index is 0.000000121. The van der Waals surface area contributed by atoms with Crippen LogP contribution in [-0.2, 0) is 0 Å². The quantitative estimate of drug-likeness (QED) is 0.0452. The average Bonchev–Trinajstić information content (AvgIpc) is 1.78. The lowest BCUT2D eigenvalue weighted by atomic mass is 9.74. The molecule has 26 nitrogen and oxygen atoms in total. The zero-order valence-electron chi connectivity index (χ0n) is 60.8. The first-order valence-electron chi connectivity index (χ1n) is 36.4. The summed E-state index contributed by atoms with van der Waals surface area (Å²) < 4.78 is 73.2. The molecular weight excluding hydrogens is 1470 g/mol. The van der Waals surface area contributed by atoms with Crippen molar-refractivity contribution in [2.45, 2.75) is 109 Å². The SMILES string of the molecule is CC(C)(O)[C@@H]1CN(c2nc(-c3[nH]nc4ncccc34)c(F)cc2Cl)CCN1.CC(C)C[C@@H]1CN(c2nc(-c3[nH]nc4ncccc34)c(F)cc2Cl)CCN1.CC(C)C[C@@H]1CN(c2nc(-c3[nH]nc4ncccc34)c(F)cc2F)CCN1.OC1(C2CN(c3nc(-c4[nH]nc5ncccc45)c(F)cc3Cl)CCN2)CCC1. The van der Waals surface area contributed by atoms with E-state index in [0.717, 1.165) is 69.7 Å². The summed E-state index contributed by atoms with van der Waals surface area (Å²) in [6.45, 7) is 20.4. The molecule has 12 aromatic rings. The van der Waals surface area contributed by atoms with E-state index in [9.17, 15) is 32.2 Å². The van der Waals surface area contributed by atoms with Crippen molar-refractivity contribution in [2.24, 2.45) is 11.8 Å². The maximum atomic E-state index is 14.7. The van der Waals surface area contributed by atoms with Crippen molar-refractivity contribution in [3.05, 3.63) is 142 Å². The molecule has 1 unspecified atom stereocenters. The van der Waals surface area contributed by atoms with Crippen molar-refractivity contribution in [1.82, 2.24) is 102 Å². The molecule has 10 N–H and O–H groups in total. The van der Waals surface area contributed by atoms with Crippen LogP contribution in [0.3, 0.4) is 0 Å². The topological polar surface area (TPSA) is 319 Å². The van der Waals surface area contributed by atoms with Gasteiger partial charge in [0.15, 0.2) is 57.5 Å². The Hall–Kier alpha value is -9.44. The summed E-state index contributed by atoms with van der Waals surface area (Å²) >= 11 is 19.0. The molecule has 109 heavy (non-hydrogen) atoms. The number of anilines is 4. The van der Waals surface area contributed by atoms with Gasteiger partial charge in [-0.15, -0.1) is 0 Å². The number of fused-ring (bicyclic) bond motifs is 4. The number of hydrogen-bond donors (Lipinski definition) is 10. The lowest BCUT2D eigenvalue weighted by Gasteiger charge is -2.48. The van der Waals surface area contributed by atoms with Crippen molar-refractivity contribution >= 4 is 102 Å². The van der Waals surface area contributed by atoms with E-state index in [-0.39, 0.29) is 56.8 Å². The first-order valence-corrected chi connectivity index (χ1v) is 37.6. The number of aromatic amines is 4. The summed E-state index contributed by atoms with van der Waals surface area (Å²) in [5.74, 6) is -0.000954. The lowest BCUT2D eigenvalue weighted by molar-refractivity contribution is -0.0650. The molecular formula is C75H84Cl3F5N24O2. The van der Waals surface area contributed by atoms with Crippen LogP contribution in [0.25, 0.3) is 89.7 Å². The van der Waals surface area contributed by atoms with Crippen LogP contribution in [0.1, 0.15) is 73.6 Å². The second-order valence-electron chi connectivity index (χ2n) is 29.4. The van der Waals surface area contributed by atoms with Gasteiger partial charge in [-0.25, -0.2) is 61.8 Å². The predicted octanol–water partition coefficient (Wildman–Crippen LogP) is 11.6. The molecule has 1 saturated carbocycles. The van der Waals surface area contributed by atoms with Gasteiger partial charge in [0.05, 0.1) is 61.1 Å². The fourth-order valence-corrected chi connectivity index (χ4v) is 15.4. The van der Waals surface area contributed by atoms with Gasteiger partial charge in [-0.3, -0.25) is 20.4 Å². The molecule has 16 heterocycles. The predicted molar refractivity (Wildman–Crippen MR) is 413 cm³/mol. The zero-order valence-corrected chi connectivity index (χ0v) is 63.1. The van der Waals surface area contributed by atoms with Gasteiger partial charge < -0.3 is 51.1 Å². The van der Waals surface area contributed by atoms with Crippen molar-refractivity contribution in [2.75, 3.05) is 98.1 Å². The van der Waals surface area contributed by atoms with Gasteiger partial charge >= 0.3 is 0 Å². The van der Waals surface area contributed by atoms with Crippen LogP contribution >= 0.6 is 34.8 Å². The molecule has 572 valence electrons. The third kappa shape index (κ3) is 16.7. The summed E-state index contributed by atoms with van der Waals surface area (Å²) in [4.78, 5) is 42.7. The normalized spacial score (nSPS) is 18.9. The average molecular weight is 1560 g/mol. The highest BCUT2D eigenvalue weighted by molar-refractivity contribution is 6.34. The Morgan fingerprint density at radius 2 is 0.789 bits per heavy atom. The van der Waals surface area contributed by atoms with Crippen LogP contribution in [0, 0.1) is 40.9 Å². The van der Waals surface area contributed by atoms with Crippen LogP contribution in [0.2, 0.25) is 15.1 Å². The second-order valence-corrected chi connectivity index (χ2v) is 30.6. The van der Waals surface area contributed by atoms with E-state index in [4.69, 9.17) is 34.8 Å². The summed E-state index contributed by atoms with van der Waals surface area (Å²) in [6, 6.07) is 19.5. The molecule has 1 aliphatic carbocycles. The Morgan fingerprint density at radius 1 is 0.459 bits per heavy atom. The van der Waals surface area contributed by atoms with E-state index in [1.54, 1.807) is 69.0 Å². The molecule has 5 fully saturated rings. The summed E-state index contributed by atoms with van der Waals surface area (Å²) in [5, 5.41) is 66.1. The van der Waals surface area contributed by atoms with Gasteiger partial charge in [-0.05, 0) is 125 Å². The summed E-state index contributed by atoms with van der Waals surface area (Å²) in [7, 11) is 0. The maximum absolute atomic E-state index is 14.7. The number of pyridine rings is 8. The lowest BCUT2D eigenvalue weighted by Crippen LogP contribution is -2.64. The minimum Gasteiger partial charge on any atom is -0.389 e. The van der Waals surface area contributed by atoms with Gasteiger partial charge in [0.2, 0.25) is 0 Å². The standard InChI is InChI=1S/C19H20ClFN6O.C19H22ClFN6.C19H22F2N6.C18H20ClFN6O/c20-12-9-13(21)16(15-11-3-1-6-23-17(11)26-25-15)24-18(12)27-8-7-22-14(10-27)19(28)4-2-5-19;1-11(2)8-12-10-27(7-6-22-12)19-14(20)9-15(21)17(24-19)16-13-4-3-5-23-18(13)26-25-16;1-11(2)8-12-10-27(7-6-22-12)19-15(21)9-14(20)17(24-19)16-13-4-3-5-23-18(13)26-25-16;1-18(2,27)13-9-26(7-6-21-13)17-11(19)8-12(20)15(23-17)14-10-4-3-5-22-16(10)25-24-14/h1,3,6,9,14,22,28H,2,4-5,7-8,10H2,(H,23,25,26);2*3-5,9,11-12,22H,6-8,10H2,1-2H3,(H,23,25,26);3-5,8,13,21,27H,6-7,9H2,1-2H3,(H,22,24,25)/t;2*12-;13-/m.110/s1. The molecule has 0 radical (unpaired) electrons. The van der Waals surface area contributed by atoms with E-state index in [0.29, 0.717) is 154 Å². The first-order chi connectivity index (χ1) is 52.4. The number of aliphatic hydroxyl groups is 2. The molecule has 0 amide bonds. The third-order valence-corrected chi connectivity index (χ3v) is 21.0. The number of hydrogen-bond acceptors (Lipinski definition) is 22. The minimum absolute atomic E-state index is 0.0563. The summed E-state index contributed by atoms with van der Waals surface area (Å²) in [5.41, 5.74) is 2.85. The first kappa shape index (κ1) is 76.3. The van der Waals surface area contributed by atoms with Gasteiger partial charge in [-0.2, -0.15) is 20.4 Å². The highest BCUT2D eigenvalue weighted by atomic mass is 35.5. The summed E-state index contributed by atoms with van der Waals surface area (Å²) in [6.07, 6.45) is 11.2. The van der Waals surface area contributed by atoms with Crippen LogP contribution in [-0.4, -0.2) is 205 Å². The number of rotatable bonds is 14. The number of piperazine rings is 4. The van der Waals surface area contributed by atoms with Gasteiger partial charge in [0.25, 0.3) is 0 Å². The van der Waals surface area contributed by atoms with Gasteiger partial charge in [-0.1, -0.05) is 62.5 Å². The van der Waals surface area contributed by atoms with Gasteiger partial charge in [0, 0.05) is 143 Å². The molecule has 12 aromatic heterocycles. The Labute approximate surface area is 639 Å². The van der Waals surface area contributed by atoms with Crippen LogP contribution < -0.4 is 40.9 Å². The maximum Gasteiger partial charge on any atom is 0.181 e. The molecule has 4 saturated heterocycles. The Kier molecular flexibility index (Phi) is 22.9. The molecule has 4 aliphatic heterocycles. The van der Waals surface area contributed by atoms with Crippen LogP contribution in [0.15, 0.2) is 97.6 Å². The van der Waals surface area contributed by atoms with Crippen LogP contribution in [0.4, 0.5) is 45.2 Å². The number of aromatic nitrogens is 16. The largest absolute Gasteiger partial charge is 0.389 e. The van der Waals surface area contributed by atoms with Gasteiger partial charge in [0.1, 0.15) is 40.2 Å². The second kappa shape index (κ2) is 32.6. The molecule has 5 aliphatic rings.